The highest BCUT2D eigenvalue weighted by Crippen LogP contribution is 2.50. The lowest BCUT2D eigenvalue weighted by atomic mass is 9.90. The van der Waals surface area contributed by atoms with Crippen molar-refractivity contribution >= 4 is 166 Å². The summed E-state index contributed by atoms with van der Waals surface area (Å²) < 4.78 is 24.4. The lowest BCUT2D eigenvalue weighted by Crippen LogP contribution is -2.58. The largest absolute Gasteiger partial charge is 0.481 e. The number of rotatable bonds is 36. The summed E-state index contributed by atoms with van der Waals surface area (Å²) in [6.45, 7) is 7.74. The predicted molar refractivity (Wildman–Crippen MR) is 481 cm³/mol. The first-order valence-electron chi connectivity index (χ1n) is 41.0. The summed E-state index contributed by atoms with van der Waals surface area (Å²) in [5.41, 5.74) is 5.67. The molecule has 128 heavy (non-hydrogen) atoms. The van der Waals surface area contributed by atoms with Crippen molar-refractivity contribution < 1.29 is 96.9 Å². The molecule has 4 saturated heterocycles. The van der Waals surface area contributed by atoms with E-state index in [0.29, 0.717) is 139 Å². The second kappa shape index (κ2) is 49.4. The van der Waals surface area contributed by atoms with E-state index in [0.717, 1.165) is 22.3 Å². The molecule has 4 aliphatic rings. The number of carbonyl (C=O) groups is 12. The molecule has 8 N–H and O–H groups in total. The second-order valence-electron chi connectivity index (χ2n) is 30.1. The summed E-state index contributed by atoms with van der Waals surface area (Å²) in [6, 6.07) is 53.5. The minimum atomic E-state index is -1.21. The van der Waals surface area contributed by atoms with Crippen LogP contribution in [0, 0.1) is 0 Å². The van der Waals surface area contributed by atoms with Crippen LogP contribution in [0.2, 0.25) is 40.2 Å². The third kappa shape index (κ3) is 26.9. The summed E-state index contributed by atoms with van der Waals surface area (Å²) >= 11 is 49.2. The number of carboxylic acids is 4. The fourth-order valence-corrected chi connectivity index (χ4v) is 17.3. The fourth-order valence-electron chi connectivity index (χ4n) is 16.0. The lowest BCUT2D eigenvalue weighted by molar-refractivity contribution is -0.185. The number of halogens is 8. The van der Waals surface area contributed by atoms with Gasteiger partial charge in [0.25, 0.3) is 23.6 Å². The number of hydrogen-bond donors (Lipinski definition) is 8. The second-order valence-corrected chi connectivity index (χ2v) is 33.6. The normalized spacial score (nSPS) is 21.8. The molecule has 0 spiro atoms. The van der Waals surface area contributed by atoms with Crippen LogP contribution in [0.1, 0.15) is 198 Å². The smallest absolute Gasteiger partial charge is 0.306 e. The van der Waals surface area contributed by atoms with Crippen LogP contribution in [0.15, 0.2) is 194 Å². The predicted octanol–water partition coefficient (Wildman–Crippen LogP) is 17.4. The molecule has 16 atom stereocenters. The van der Waals surface area contributed by atoms with Crippen LogP contribution in [-0.2, 0) is 76.5 Å². The molecule has 0 bridgehead atoms. The minimum absolute atomic E-state index is 0.482. The average molecular weight is 1920 g/mol. The van der Waals surface area contributed by atoms with Crippen LogP contribution in [-0.4, -0.2) is 162 Å². The highest BCUT2D eigenvalue weighted by molar-refractivity contribution is 6.32. The number of carboxylic acid groups (broad SMARTS) is 4. The molecule has 680 valence electrons. The minimum Gasteiger partial charge on any atom is -0.481 e. The van der Waals surface area contributed by atoms with Crippen molar-refractivity contribution in [3.8, 4) is 0 Å². The van der Waals surface area contributed by atoms with Gasteiger partial charge in [-0.1, -0.05) is 243 Å². The maximum Gasteiger partial charge on any atom is 0.306 e. The van der Waals surface area contributed by atoms with Gasteiger partial charge in [-0.3, -0.25) is 57.5 Å². The van der Waals surface area contributed by atoms with Gasteiger partial charge in [0, 0.05) is 40.2 Å². The Labute approximate surface area is 779 Å². The SMILES string of the molecule is CCCC(NC=O)N1C(=O)[C@@H](CC(=O)O)O[C@H](c2cccc(Cl)c2)[C@@H]1c1ccc(Cl)cc1.CCCC(NC=O)N1C(=O)[C@H](CC(=O)O)O[C@@H](c2cccc(Cl)c2)[C@H]1c1ccc(Cl)cc1.CCC[C@@H](NC=O)N1C(=O)[C@@H](CC(=O)O)O[C@H](c2cccc(Cl)c2)[C@@H]1c1ccc(Cl)cc1.CCC[C@@H](NC=O)N1C(=O)[C@H](CC(=O)O)O[C@@H](c2cccc(Cl)c2)[C@H]1c1ccc(Cl)cc1. The van der Waals surface area contributed by atoms with E-state index in [4.69, 9.17) is 112 Å². The van der Waals surface area contributed by atoms with E-state index in [1.54, 1.807) is 170 Å². The number of aliphatic carboxylic acids is 4. The number of nitrogens with zero attached hydrogens (tertiary/aromatic N) is 4. The Bertz CT molecular complexity index is 4500. The standard InChI is InChI=1S/4C23H24Cl2N2O5/c4*1-2-4-19(26-13-28)27-21(14-7-9-16(24)10-8-14)22(15-5-3-6-17(25)11-15)32-18(23(27)31)12-20(29)30/h4*3,5-11,13,18-19,21-22H,2,4,12H2,1H3,(H,26,28)(H,29,30)/t2*18-,19?,21+,22-;18-,19+,21+,22-;18-,19-,21+,22-/m1010/s1. The van der Waals surface area contributed by atoms with Crippen LogP contribution in [0.5, 0.6) is 0 Å². The van der Waals surface area contributed by atoms with E-state index in [-0.39, 0.29) is 0 Å². The van der Waals surface area contributed by atoms with E-state index in [2.05, 4.69) is 21.3 Å². The van der Waals surface area contributed by atoms with Gasteiger partial charge in [-0.05, 0) is 167 Å². The first-order valence-corrected chi connectivity index (χ1v) is 44.0. The Morgan fingerprint density at radius 1 is 0.297 bits per heavy atom. The molecule has 4 fully saturated rings. The zero-order valence-corrected chi connectivity index (χ0v) is 75.7. The van der Waals surface area contributed by atoms with Gasteiger partial charge in [0.05, 0.1) is 49.9 Å². The Morgan fingerprint density at radius 3 is 0.625 bits per heavy atom. The average Bonchev–Trinajstić information content (AvgIpc) is 0.772. The van der Waals surface area contributed by atoms with Crippen LogP contribution in [0.4, 0.5) is 0 Å². The van der Waals surface area contributed by atoms with Gasteiger partial charge in [-0.25, -0.2) is 0 Å². The molecule has 0 radical (unpaired) electrons. The molecular formula is C92H96Cl8N8O20. The molecule has 0 aliphatic carbocycles. The summed E-state index contributed by atoms with van der Waals surface area (Å²) in [4.78, 5) is 151. The van der Waals surface area contributed by atoms with Crippen molar-refractivity contribution in [2.45, 2.75) is 202 Å². The number of hydrogen-bond acceptors (Lipinski definition) is 16. The Hall–Kier alpha value is -10.4. The molecule has 8 amide bonds. The van der Waals surface area contributed by atoms with Crippen molar-refractivity contribution in [1.82, 2.24) is 40.9 Å². The zero-order valence-electron chi connectivity index (χ0n) is 69.6. The van der Waals surface area contributed by atoms with Gasteiger partial charge in [0.15, 0.2) is 0 Å². The van der Waals surface area contributed by atoms with Crippen molar-refractivity contribution in [1.29, 1.82) is 0 Å². The summed E-state index contributed by atoms with van der Waals surface area (Å²) in [6.07, 6.45) is -5.45. The highest BCUT2D eigenvalue weighted by atomic mass is 35.5. The Kier molecular flexibility index (Phi) is 39.1. The Morgan fingerprint density at radius 2 is 0.477 bits per heavy atom. The molecule has 28 nitrogen and oxygen atoms in total. The summed E-state index contributed by atoms with van der Waals surface area (Å²) in [7, 11) is 0. The molecule has 8 aromatic rings. The molecule has 2 unspecified atom stereocenters. The van der Waals surface area contributed by atoms with Crippen molar-refractivity contribution in [3.63, 3.8) is 0 Å². The summed E-state index contributed by atoms with van der Waals surface area (Å²) in [5.74, 6) is -6.64. The Balaban J connectivity index is 0.000000193. The van der Waals surface area contributed by atoms with E-state index in [1.807, 2.05) is 52.0 Å². The van der Waals surface area contributed by atoms with Gasteiger partial charge in [-0.2, -0.15) is 0 Å². The molecule has 4 heterocycles. The molecule has 4 aliphatic heterocycles. The van der Waals surface area contributed by atoms with Crippen molar-refractivity contribution in [3.05, 3.63) is 279 Å². The number of benzene rings is 8. The van der Waals surface area contributed by atoms with Crippen molar-refractivity contribution in [2.24, 2.45) is 0 Å². The number of morpholine rings is 4. The molecule has 36 heteroatoms. The van der Waals surface area contributed by atoms with Gasteiger partial charge in [0.1, 0.15) is 73.5 Å². The molecule has 0 aromatic heterocycles. The van der Waals surface area contributed by atoms with Crippen molar-refractivity contribution in [2.75, 3.05) is 0 Å². The number of ether oxygens (including phenoxy) is 4. The molecule has 0 saturated carbocycles. The molecule has 8 aromatic carbocycles. The molecular weight excluding hydrogens is 1820 g/mol. The van der Waals surface area contributed by atoms with Crippen LogP contribution in [0.3, 0.4) is 0 Å². The highest BCUT2D eigenvalue weighted by Gasteiger charge is 2.52. The fraction of sp³-hybridized carbons (Fsp3) is 0.348. The van der Waals surface area contributed by atoms with Gasteiger partial charge in [0.2, 0.25) is 25.6 Å². The van der Waals surface area contributed by atoms with E-state index in [1.165, 1.54) is 19.6 Å². The van der Waals surface area contributed by atoms with Crippen LogP contribution < -0.4 is 21.3 Å². The third-order valence-electron chi connectivity index (χ3n) is 21.3. The van der Waals surface area contributed by atoms with Crippen LogP contribution >= 0.6 is 92.8 Å². The topological polar surface area (TPSA) is 384 Å². The van der Waals surface area contributed by atoms with E-state index in [9.17, 15) is 78.0 Å². The third-order valence-corrected chi connectivity index (χ3v) is 23.3. The van der Waals surface area contributed by atoms with E-state index < -0.39 is 171 Å². The first-order chi connectivity index (χ1) is 61.4. The van der Waals surface area contributed by atoms with E-state index >= 15 is 0 Å². The maximum absolute atomic E-state index is 13.5. The maximum atomic E-state index is 13.5. The van der Waals surface area contributed by atoms with Gasteiger partial charge < -0.3 is 80.2 Å². The lowest BCUT2D eigenvalue weighted by Gasteiger charge is -2.47. The number of amides is 8. The summed E-state index contributed by atoms with van der Waals surface area (Å²) in [5, 5.41) is 52.4. The van der Waals surface area contributed by atoms with Gasteiger partial charge >= 0.3 is 23.9 Å². The number of nitrogens with one attached hydrogen (secondary N) is 4. The molecule has 12 rings (SSSR count). The first kappa shape index (κ1) is 101. The number of carbonyl (C=O) groups excluding carboxylic acids is 8. The zero-order chi connectivity index (χ0) is 93.0. The van der Waals surface area contributed by atoms with Crippen LogP contribution in [0.25, 0.3) is 0 Å². The monoisotopic (exact) mass is 1910 g/mol. The quantitative estimate of drug-likeness (QED) is 0.0169. The van der Waals surface area contributed by atoms with Gasteiger partial charge in [-0.15, -0.1) is 0 Å².